The maximum absolute atomic E-state index is 5.53. The average Bonchev–Trinajstić information content (AvgIpc) is 2.60. The van der Waals surface area contributed by atoms with Gasteiger partial charge < -0.3 is 15.0 Å². The molecule has 23 heavy (non-hydrogen) atoms. The van der Waals surface area contributed by atoms with Gasteiger partial charge in [0, 0.05) is 24.7 Å². The Labute approximate surface area is 139 Å². The first-order chi connectivity index (χ1) is 11.3. The first kappa shape index (κ1) is 16.0. The van der Waals surface area contributed by atoms with E-state index in [1.54, 1.807) is 7.11 Å². The summed E-state index contributed by atoms with van der Waals surface area (Å²) in [5.41, 5.74) is 4.16. The molecule has 3 rings (SSSR count). The van der Waals surface area contributed by atoms with Gasteiger partial charge >= 0.3 is 0 Å². The van der Waals surface area contributed by atoms with Crippen LogP contribution in [-0.2, 0) is 12.8 Å². The van der Waals surface area contributed by atoms with Crippen LogP contribution in [0.1, 0.15) is 22.7 Å². The van der Waals surface area contributed by atoms with Crippen molar-refractivity contribution in [1.29, 1.82) is 0 Å². The molecule has 1 atom stereocenters. The molecule has 0 aliphatic carbocycles. The molecule has 3 nitrogen and oxygen atoms in total. The fraction of sp³-hybridized carbons (Fsp3) is 0.400. The second-order valence-electron chi connectivity index (χ2n) is 6.28. The molecule has 0 saturated heterocycles. The minimum Gasteiger partial charge on any atom is -0.496 e. The molecule has 1 aliphatic rings. The van der Waals surface area contributed by atoms with E-state index in [1.165, 1.54) is 16.7 Å². The number of benzene rings is 2. The van der Waals surface area contributed by atoms with Gasteiger partial charge in [-0.15, -0.1) is 0 Å². The molecule has 0 aromatic heterocycles. The Hall–Kier alpha value is -1.84. The Morgan fingerprint density at radius 3 is 2.74 bits per heavy atom. The second kappa shape index (κ2) is 7.62. The zero-order valence-electron chi connectivity index (χ0n) is 14.1. The van der Waals surface area contributed by atoms with Crippen molar-refractivity contribution in [2.75, 3.05) is 33.8 Å². The maximum atomic E-state index is 5.53. The fourth-order valence-corrected chi connectivity index (χ4v) is 3.38. The van der Waals surface area contributed by atoms with E-state index in [1.807, 2.05) is 0 Å². The monoisotopic (exact) mass is 310 g/mol. The first-order valence-electron chi connectivity index (χ1n) is 8.39. The summed E-state index contributed by atoms with van der Waals surface area (Å²) in [5, 5.41) is 3.66. The van der Waals surface area contributed by atoms with Crippen molar-refractivity contribution in [3.63, 3.8) is 0 Å². The number of ether oxygens (including phenoxy) is 1. The van der Waals surface area contributed by atoms with Gasteiger partial charge in [-0.1, -0.05) is 42.5 Å². The van der Waals surface area contributed by atoms with Gasteiger partial charge in [-0.3, -0.25) is 0 Å². The van der Waals surface area contributed by atoms with Crippen molar-refractivity contribution < 1.29 is 4.74 Å². The van der Waals surface area contributed by atoms with Gasteiger partial charge in [-0.2, -0.15) is 0 Å². The quantitative estimate of drug-likeness (QED) is 0.887. The van der Waals surface area contributed by atoms with Crippen molar-refractivity contribution >= 4 is 0 Å². The maximum Gasteiger partial charge on any atom is 0.122 e. The van der Waals surface area contributed by atoms with E-state index in [4.69, 9.17) is 4.74 Å². The van der Waals surface area contributed by atoms with Gasteiger partial charge in [0.25, 0.3) is 0 Å². The number of methoxy groups -OCH3 is 1. The molecule has 1 aliphatic heterocycles. The minimum absolute atomic E-state index is 0.384. The van der Waals surface area contributed by atoms with Crippen LogP contribution in [0.15, 0.2) is 48.5 Å². The van der Waals surface area contributed by atoms with Crippen LogP contribution >= 0.6 is 0 Å². The molecule has 1 N–H and O–H groups in total. The molecule has 2 aromatic rings. The zero-order chi connectivity index (χ0) is 16.1. The lowest BCUT2D eigenvalue weighted by atomic mass is 9.93. The summed E-state index contributed by atoms with van der Waals surface area (Å²) in [6, 6.07) is 17.5. The Morgan fingerprint density at radius 1 is 1.13 bits per heavy atom. The number of hydrogen-bond acceptors (Lipinski definition) is 3. The predicted molar refractivity (Wildman–Crippen MR) is 95.1 cm³/mol. The molecule has 1 heterocycles. The summed E-state index contributed by atoms with van der Waals surface area (Å²) < 4.78 is 5.53. The van der Waals surface area contributed by atoms with Crippen molar-refractivity contribution in [3.05, 3.63) is 65.2 Å². The fourth-order valence-electron chi connectivity index (χ4n) is 3.38. The lowest BCUT2D eigenvalue weighted by Crippen LogP contribution is -2.38. The minimum atomic E-state index is 0.384. The van der Waals surface area contributed by atoms with Crippen LogP contribution in [0.4, 0.5) is 0 Å². The largest absolute Gasteiger partial charge is 0.496 e. The van der Waals surface area contributed by atoms with Crippen LogP contribution in [0.5, 0.6) is 5.75 Å². The normalized spacial score (nSPS) is 17.1. The first-order valence-corrected chi connectivity index (χ1v) is 8.39. The summed E-state index contributed by atoms with van der Waals surface area (Å²) in [5.74, 6) is 1.03. The van der Waals surface area contributed by atoms with Gasteiger partial charge in [0.15, 0.2) is 0 Å². The highest BCUT2D eigenvalue weighted by molar-refractivity contribution is 5.43. The number of nitrogens with one attached hydrogen (secondary N) is 1. The third kappa shape index (κ3) is 3.92. The van der Waals surface area contributed by atoms with E-state index in [-0.39, 0.29) is 0 Å². The number of rotatable bonds is 6. The zero-order valence-corrected chi connectivity index (χ0v) is 14.1. The molecule has 0 amide bonds. The summed E-state index contributed by atoms with van der Waals surface area (Å²) in [6.07, 6.45) is 2.14. The Kier molecular flexibility index (Phi) is 5.31. The van der Waals surface area contributed by atoms with Crippen molar-refractivity contribution in [3.8, 4) is 5.75 Å². The van der Waals surface area contributed by atoms with Gasteiger partial charge in [0.1, 0.15) is 5.75 Å². The number of fused-ring (bicyclic) bond motifs is 1. The van der Waals surface area contributed by atoms with Gasteiger partial charge in [0.05, 0.1) is 7.11 Å². The molecule has 0 radical (unpaired) electrons. The van der Waals surface area contributed by atoms with Crippen LogP contribution in [0.2, 0.25) is 0 Å². The molecule has 0 fully saturated rings. The highest BCUT2D eigenvalue weighted by Crippen LogP contribution is 2.30. The van der Waals surface area contributed by atoms with Crippen LogP contribution in [0.25, 0.3) is 0 Å². The highest BCUT2D eigenvalue weighted by atomic mass is 16.5. The van der Waals surface area contributed by atoms with Crippen molar-refractivity contribution in [1.82, 2.24) is 10.2 Å². The van der Waals surface area contributed by atoms with Crippen LogP contribution in [0.3, 0.4) is 0 Å². The molecule has 0 spiro atoms. The number of likely N-dealkylation sites (N-methyl/N-ethyl adjacent to an activating group) is 1. The Morgan fingerprint density at radius 2 is 1.96 bits per heavy atom. The predicted octanol–water partition coefficient (Wildman–Crippen LogP) is 3.06. The van der Waals surface area contributed by atoms with E-state index in [9.17, 15) is 0 Å². The van der Waals surface area contributed by atoms with Crippen molar-refractivity contribution in [2.45, 2.75) is 18.9 Å². The van der Waals surface area contributed by atoms with Gasteiger partial charge in [-0.05, 0) is 43.6 Å². The molecule has 0 saturated carbocycles. The second-order valence-corrected chi connectivity index (χ2v) is 6.28. The van der Waals surface area contributed by atoms with Gasteiger partial charge in [-0.25, -0.2) is 0 Å². The lowest BCUT2D eigenvalue weighted by Gasteiger charge is -2.31. The standard InChI is InChI=1S/C20H26N2O/c1-22(14-12-16-7-4-3-5-8-16)15-19-17-9-6-10-20(23-2)18(17)11-13-21-19/h3-10,19,21H,11-15H2,1-2H3. The molecular formula is C20H26N2O. The summed E-state index contributed by atoms with van der Waals surface area (Å²) >= 11 is 0. The SMILES string of the molecule is COc1cccc2c1CCNC2CN(C)CCc1ccccc1. The van der Waals surface area contributed by atoms with Gasteiger partial charge in [0.2, 0.25) is 0 Å². The third-order valence-electron chi connectivity index (χ3n) is 4.65. The van der Waals surface area contributed by atoms with Crippen molar-refractivity contribution in [2.24, 2.45) is 0 Å². The molecule has 0 bridgehead atoms. The molecule has 2 aromatic carbocycles. The number of nitrogens with zero attached hydrogens (tertiary/aromatic N) is 1. The summed E-state index contributed by atoms with van der Waals surface area (Å²) in [6.45, 7) is 3.11. The molecular weight excluding hydrogens is 284 g/mol. The number of hydrogen-bond donors (Lipinski definition) is 1. The summed E-state index contributed by atoms with van der Waals surface area (Å²) in [4.78, 5) is 2.42. The summed E-state index contributed by atoms with van der Waals surface area (Å²) in [7, 11) is 3.97. The van der Waals surface area contributed by atoms with Crippen LogP contribution < -0.4 is 10.1 Å². The lowest BCUT2D eigenvalue weighted by molar-refractivity contribution is 0.286. The third-order valence-corrected chi connectivity index (χ3v) is 4.65. The Bertz CT molecular complexity index is 627. The van der Waals surface area contributed by atoms with E-state index in [0.29, 0.717) is 6.04 Å². The topological polar surface area (TPSA) is 24.5 Å². The van der Waals surface area contributed by atoms with E-state index in [2.05, 4.69) is 65.8 Å². The molecule has 3 heteroatoms. The Balaban J connectivity index is 1.63. The van der Waals surface area contributed by atoms with E-state index >= 15 is 0 Å². The van der Waals surface area contributed by atoms with Crippen LogP contribution in [-0.4, -0.2) is 38.7 Å². The highest BCUT2D eigenvalue weighted by Gasteiger charge is 2.23. The van der Waals surface area contributed by atoms with Crippen LogP contribution in [0, 0.1) is 0 Å². The van der Waals surface area contributed by atoms with E-state index < -0.39 is 0 Å². The average molecular weight is 310 g/mol. The molecule has 1 unspecified atom stereocenters. The smallest absolute Gasteiger partial charge is 0.122 e. The van der Waals surface area contributed by atoms with E-state index in [0.717, 1.165) is 38.2 Å². The molecule has 122 valence electrons.